The summed E-state index contributed by atoms with van der Waals surface area (Å²) < 4.78 is 5.74. The molecule has 0 saturated carbocycles. The van der Waals surface area contributed by atoms with Crippen molar-refractivity contribution in [3.63, 3.8) is 0 Å². The Hall–Kier alpha value is -2.01. The van der Waals surface area contributed by atoms with Crippen LogP contribution in [0.15, 0.2) is 40.9 Å². The molecule has 0 fully saturated rings. The number of aryl methyl sites for hydroxylation is 1. The highest BCUT2D eigenvalue weighted by atomic mass is 79.9. The van der Waals surface area contributed by atoms with Gasteiger partial charge in [0, 0.05) is 11.4 Å². The molecule has 0 aliphatic heterocycles. The van der Waals surface area contributed by atoms with Crippen LogP contribution >= 0.6 is 15.9 Å². The second-order valence-electron chi connectivity index (χ2n) is 4.34. The van der Waals surface area contributed by atoms with Crippen LogP contribution in [0.4, 0.5) is 11.4 Å². The standard InChI is InChI=1S/C15H15BrN2O2/c1-9-8-10(20-2)6-7-13(9)18-15(19)11-4-3-5-12(17)14(11)16/h3-8H,17H2,1-2H3,(H,18,19). The smallest absolute Gasteiger partial charge is 0.256 e. The number of benzene rings is 2. The molecule has 0 radical (unpaired) electrons. The summed E-state index contributed by atoms with van der Waals surface area (Å²) in [6, 6.07) is 10.7. The van der Waals surface area contributed by atoms with Crippen LogP contribution in [-0.2, 0) is 0 Å². The summed E-state index contributed by atoms with van der Waals surface area (Å²) >= 11 is 3.33. The fourth-order valence-electron chi connectivity index (χ4n) is 1.82. The van der Waals surface area contributed by atoms with Crippen molar-refractivity contribution in [2.45, 2.75) is 6.92 Å². The van der Waals surface area contributed by atoms with Gasteiger partial charge in [0.25, 0.3) is 5.91 Å². The summed E-state index contributed by atoms with van der Waals surface area (Å²) in [5.41, 5.74) is 8.48. The van der Waals surface area contributed by atoms with Crippen molar-refractivity contribution >= 4 is 33.2 Å². The van der Waals surface area contributed by atoms with Gasteiger partial charge in [-0.05, 0) is 58.7 Å². The number of hydrogen-bond acceptors (Lipinski definition) is 3. The highest BCUT2D eigenvalue weighted by Crippen LogP contribution is 2.26. The van der Waals surface area contributed by atoms with Crippen LogP contribution < -0.4 is 15.8 Å². The van der Waals surface area contributed by atoms with E-state index in [-0.39, 0.29) is 5.91 Å². The van der Waals surface area contributed by atoms with E-state index in [1.54, 1.807) is 31.4 Å². The van der Waals surface area contributed by atoms with E-state index in [2.05, 4.69) is 21.2 Å². The molecule has 0 spiro atoms. The molecule has 0 heterocycles. The molecule has 0 unspecified atom stereocenters. The Bertz CT molecular complexity index is 656. The van der Waals surface area contributed by atoms with Crippen LogP contribution in [0.25, 0.3) is 0 Å². The molecule has 104 valence electrons. The second-order valence-corrected chi connectivity index (χ2v) is 5.14. The summed E-state index contributed by atoms with van der Waals surface area (Å²) in [5, 5.41) is 2.87. The average molecular weight is 335 g/mol. The lowest BCUT2D eigenvalue weighted by Crippen LogP contribution is -2.14. The first-order valence-corrected chi connectivity index (χ1v) is 6.82. The number of ether oxygens (including phenoxy) is 1. The van der Waals surface area contributed by atoms with Crippen molar-refractivity contribution in [1.29, 1.82) is 0 Å². The minimum atomic E-state index is -0.211. The number of anilines is 2. The van der Waals surface area contributed by atoms with Gasteiger partial charge in [-0.15, -0.1) is 0 Å². The topological polar surface area (TPSA) is 64.3 Å². The number of carbonyl (C=O) groups is 1. The Labute approximate surface area is 126 Å². The van der Waals surface area contributed by atoms with Crippen LogP contribution in [0, 0.1) is 6.92 Å². The summed E-state index contributed by atoms with van der Waals surface area (Å²) in [6.45, 7) is 1.91. The Morgan fingerprint density at radius 2 is 2.05 bits per heavy atom. The number of carbonyl (C=O) groups excluding carboxylic acids is 1. The molecule has 2 aromatic rings. The van der Waals surface area contributed by atoms with Crippen molar-refractivity contribution in [2.75, 3.05) is 18.2 Å². The first-order chi connectivity index (χ1) is 9.52. The highest BCUT2D eigenvalue weighted by molar-refractivity contribution is 9.10. The van der Waals surface area contributed by atoms with Crippen LogP contribution in [0.1, 0.15) is 15.9 Å². The van der Waals surface area contributed by atoms with Gasteiger partial charge in [-0.3, -0.25) is 4.79 Å². The Morgan fingerprint density at radius 3 is 2.70 bits per heavy atom. The quantitative estimate of drug-likeness (QED) is 0.843. The van der Waals surface area contributed by atoms with Crippen LogP contribution in [0.5, 0.6) is 5.75 Å². The lowest BCUT2D eigenvalue weighted by atomic mass is 10.1. The van der Waals surface area contributed by atoms with E-state index in [1.807, 2.05) is 19.1 Å². The number of methoxy groups -OCH3 is 1. The lowest BCUT2D eigenvalue weighted by molar-refractivity contribution is 0.102. The third-order valence-corrected chi connectivity index (χ3v) is 3.84. The summed E-state index contributed by atoms with van der Waals surface area (Å²) in [6.07, 6.45) is 0. The SMILES string of the molecule is COc1ccc(NC(=O)c2cccc(N)c2Br)c(C)c1. The van der Waals surface area contributed by atoms with E-state index in [4.69, 9.17) is 10.5 Å². The molecule has 0 saturated heterocycles. The maximum Gasteiger partial charge on any atom is 0.256 e. The minimum absolute atomic E-state index is 0.211. The van der Waals surface area contributed by atoms with Crippen LogP contribution in [0.3, 0.4) is 0 Å². The number of amides is 1. The predicted molar refractivity (Wildman–Crippen MR) is 84.2 cm³/mol. The minimum Gasteiger partial charge on any atom is -0.497 e. The normalized spacial score (nSPS) is 10.2. The number of nitrogens with two attached hydrogens (primary N) is 1. The number of halogens is 1. The van der Waals surface area contributed by atoms with Gasteiger partial charge in [-0.2, -0.15) is 0 Å². The average Bonchev–Trinajstić information content (AvgIpc) is 2.44. The maximum absolute atomic E-state index is 12.3. The molecule has 0 bridgehead atoms. The number of rotatable bonds is 3. The van der Waals surface area contributed by atoms with E-state index in [9.17, 15) is 4.79 Å². The number of nitrogens with one attached hydrogen (secondary N) is 1. The molecule has 5 heteroatoms. The molecular formula is C15H15BrN2O2. The number of nitrogen functional groups attached to an aromatic ring is 1. The summed E-state index contributed by atoms with van der Waals surface area (Å²) in [5.74, 6) is 0.545. The maximum atomic E-state index is 12.3. The number of hydrogen-bond donors (Lipinski definition) is 2. The summed E-state index contributed by atoms with van der Waals surface area (Å²) in [4.78, 5) is 12.3. The van der Waals surface area contributed by atoms with E-state index < -0.39 is 0 Å². The van der Waals surface area contributed by atoms with Crippen molar-refractivity contribution in [1.82, 2.24) is 0 Å². The Kier molecular flexibility index (Phi) is 4.29. The first-order valence-electron chi connectivity index (χ1n) is 6.03. The zero-order valence-electron chi connectivity index (χ0n) is 11.2. The fourth-order valence-corrected chi connectivity index (χ4v) is 2.26. The first kappa shape index (κ1) is 14.4. The van der Waals surface area contributed by atoms with E-state index in [0.717, 1.165) is 17.0 Å². The highest BCUT2D eigenvalue weighted by Gasteiger charge is 2.13. The van der Waals surface area contributed by atoms with Gasteiger partial charge in [0.1, 0.15) is 5.75 Å². The molecule has 1 amide bonds. The van der Waals surface area contributed by atoms with Crippen molar-refractivity contribution < 1.29 is 9.53 Å². The molecule has 4 nitrogen and oxygen atoms in total. The van der Waals surface area contributed by atoms with Gasteiger partial charge in [-0.1, -0.05) is 6.07 Å². The summed E-state index contributed by atoms with van der Waals surface area (Å²) in [7, 11) is 1.61. The molecule has 20 heavy (non-hydrogen) atoms. The van der Waals surface area contributed by atoms with Crippen molar-refractivity contribution in [3.8, 4) is 5.75 Å². The third kappa shape index (κ3) is 2.93. The Balaban J connectivity index is 2.26. The fraction of sp³-hybridized carbons (Fsp3) is 0.133. The largest absolute Gasteiger partial charge is 0.497 e. The van der Waals surface area contributed by atoms with Crippen molar-refractivity contribution in [3.05, 3.63) is 52.0 Å². The van der Waals surface area contributed by atoms with Crippen LogP contribution in [0.2, 0.25) is 0 Å². The molecule has 2 aromatic carbocycles. The van der Waals surface area contributed by atoms with Gasteiger partial charge in [0.15, 0.2) is 0 Å². The molecule has 0 aliphatic rings. The van der Waals surface area contributed by atoms with Gasteiger partial charge in [0.05, 0.1) is 17.1 Å². The van der Waals surface area contributed by atoms with Gasteiger partial charge in [-0.25, -0.2) is 0 Å². The predicted octanol–water partition coefficient (Wildman–Crippen LogP) is 3.60. The van der Waals surface area contributed by atoms with E-state index >= 15 is 0 Å². The monoisotopic (exact) mass is 334 g/mol. The molecule has 2 rings (SSSR count). The van der Waals surface area contributed by atoms with Gasteiger partial charge < -0.3 is 15.8 Å². The van der Waals surface area contributed by atoms with Crippen LogP contribution in [-0.4, -0.2) is 13.0 Å². The third-order valence-electron chi connectivity index (χ3n) is 2.95. The second kappa shape index (κ2) is 5.96. The van der Waals surface area contributed by atoms with Gasteiger partial charge >= 0.3 is 0 Å². The molecule has 3 N–H and O–H groups in total. The van der Waals surface area contributed by atoms with E-state index in [1.165, 1.54) is 0 Å². The molecular weight excluding hydrogens is 320 g/mol. The van der Waals surface area contributed by atoms with E-state index in [0.29, 0.717) is 15.7 Å². The zero-order valence-corrected chi connectivity index (χ0v) is 12.8. The van der Waals surface area contributed by atoms with Crippen molar-refractivity contribution in [2.24, 2.45) is 0 Å². The molecule has 0 aromatic heterocycles. The molecule has 0 aliphatic carbocycles. The Morgan fingerprint density at radius 1 is 1.30 bits per heavy atom. The molecule has 0 atom stereocenters. The lowest BCUT2D eigenvalue weighted by Gasteiger charge is -2.11. The van der Waals surface area contributed by atoms with Gasteiger partial charge in [0.2, 0.25) is 0 Å². The zero-order chi connectivity index (χ0) is 14.7.